The topological polar surface area (TPSA) is 175 Å². The van der Waals surface area contributed by atoms with E-state index in [1.165, 1.54) is 17.7 Å². The number of methoxy groups -OCH3 is 1. The van der Waals surface area contributed by atoms with E-state index in [2.05, 4.69) is 81.4 Å². The minimum absolute atomic E-state index is 0.0654. The number of hydrogen-bond acceptors (Lipinski definition) is 13. The molecule has 2 amide bonds. The van der Waals surface area contributed by atoms with E-state index in [4.69, 9.17) is 9.72 Å². The summed E-state index contributed by atoms with van der Waals surface area (Å²) in [5.74, 6) is -2.01. The van der Waals surface area contributed by atoms with Crippen molar-refractivity contribution in [2.45, 2.75) is 70.3 Å². The molecule has 4 heterocycles. The number of nitrogens with one attached hydrogen (secondary N) is 5. The minimum Gasteiger partial charge on any atom is -0.494 e. The first kappa shape index (κ1) is 45.9. The highest BCUT2D eigenvalue weighted by atomic mass is 79.9. The zero-order valence-electron chi connectivity index (χ0n) is 36.0. The van der Waals surface area contributed by atoms with Crippen LogP contribution >= 0.6 is 23.1 Å². The van der Waals surface area contributed by atoms with E-state index in [1.54, 1.807) is 39.0 Å². The van der Waals surface area contributed by atoms with Gasteiger partial charge in [-0.1, -0.05) is 6.92 Å². The van der Waals surface area contributed by atoms with E-state index in [-0.39, 0.29) is 18.4 Å². The number of ether oxygens (including phenoxy) is 1. The van der Waals surface area contributed by atoms with E-state index < -0.39 is 36.5 Å². The Morgan fingerprint density at radius 2 is 1.70 bits per heavy atom. The lowest BCUT2D eigenvalue weighted by Crippen LogP contribution is -2.44. The molecule has 0 bridgehead atoms. The molecule has 5 N–H and O–H groups in total. The monoisotopic (exact) mass is 946 g/mol. The molecule has 2 saturated heterocycles. The molecule has 2 aliphatic heterocycles. The van der Waals surface area contributed by atoms with Crippen molar-refractivity contribution in [3.63, 3.8) is 0 Å². The smallest absolute Gasteiger partial charge is 0.234 e. The Balaban J connectivity index is 0.874. The molecule has 2 aromatic heterocycles. The van der Waals surface area contributed by atoms with Gasteiger partial charge >= 0.3 is 0 Å². The van der Waals surface area contributed by atoms with Crippen molar-refractivity contribution < 1.29 is 27.7 Å². The first-order chi connectivity index (χ1) is 30.3. The zero-order chi connectivity index (χ0) is 44.7. The fourth-order valence-corrected chi connectivity index (χ4v) is 10.0. The van der Waals surface area contributed by atoms with Crippen LogP contribution in [0.15, 0.2) is 59.5 Å². The van der Waals surface area contributed by atoms with Crippen LogP contribution in [0.4, 0.5) is 37.6 Å². The number of aryl methyl sites for hydroxylation is 2. The quantitative estimate of drug-likeness (QED) is 0.0333. The minimum atomic E-state index is -2.78. The van der Waals surface area contributed by atoms with Gasteiger partial charge in [0.2, 0.25) is 17.8 Å². The van der Waals surface area contributed by atoms with Crippen LogP contribution in [-0.4, -0.2) is 91.0 Å². The fraction of sp³-hybridized carbons (Fsp3) is 0.422. The van der Waals surface area contributed by atoms with Gasteiger partial charge in [-0.25, -0.2) is 13.8 Å². The van der Waals surface area contributed by atoms with Crippen LogP contribution in [0.25, 0.3) is 11.0 Å². The largest absolute Gasteiger partial charge is 0.494 e. The third-order valence-electron chi connectivity index (χ3n) is 11.5. The second-order valence-corrected chi connectivity index (χ2v) is 20.3. The normalized spacial score (nSPS) is 16.0. The van der Waals surface area contributed by atoms with Crippen LogP contribution < -0.4 is 41.5 Å². The summed E-state index contributed by atoms with van der Waals surface area (Å²) in [6, 6.07) is 10.9. The maximum atomic E-state index is 14.9. The third kappa shape index (κ3) is 11.2. The maximum Gasteiger partial charge on any atom is 0.234 e. The summed E-state index contributed by atoms with van der Waals surface area (Å²) < 4.78 is 49.7. The van der Waals surface area contributed by atoms with Crippen molar-refractivity contribution in [1.82, 2.24) is 35.9 Å². The highest BCUT2D eigenvalue weighted by Gasteiger charge is 2.32. The number of anilines is 5. The summed E-state index contributed by atoms with van der Waals surface area (Å²) in [6.45, 7) is 9.82. The highest BCUT2D eigenvalue weighted by molar-refractivity contribution is 9.10. The Bertz CT molecular complexity index is 2500. The van der Waals surface area contributed by atoms with E-state index in [9.17, 15) is 22.9 Å². The van der Waals surface area contributed by atoms with Gasteiger partial charge in [-0.05, 0) is 122 Å². The number of unbranched alkanes of at least 4 members (excludes halogenated alkanes) is 1. The molecular formula is C45H54BrF2N10O4P. The SMILES string of the molecule is CCc1cc(Nc2ncc(Br)c(Nc3ccc4nccnc4c3P(C)(C)=O)n2)c(OC)cc1N1CCC(NCCNCCCCc2cc(F)c(C3CCC(=O)NC3=O)c(F)c2)CC1. The number of nitrogens with zero attached hydrogens (tertiary/aromatic N) is 5. The number of carbonyl (C=O) groups excluding carboxylic acids is 2. The average Bonchev–Trinajstić information content (AvgIpc) is 3.25. The van der Waals surface area contributed by atoms with Gasteiger partial charge in [0.25, 0.3) is 0 Å². The second-order valence-electron chi connectivity index (χ2n) is 16.3. The zero-order valence-corrected chi connectivity index (χ0v) is 38.5. The van der Waals surface area contributed by atoms with Crippen molar-refractivity contribution in [2.75, 3.05) is 68.7 Å². The number of hydrogen-bond donors (Lipinski definition) is 5. The fourth-order valence-electron chi connectivity index (χ4n) is 8.37. The Morgan fingerprint density at radius 3 is 2.41 bits per heavy atom. The van der Waals surface area contributed by atoms with Crippen molar-refractivity contribution in [3.05, 3.63) is 87.8 Å². The number of amides is 2. The molecule has 0 saturated carbocycles. The summed E-state index contributed by atoms with van der Waals surface area (Å²) in [5.41, 5.74) is 5.24. The van der Waals surface area contributed by atoms with Gasteiger partial charge in [0.1, 0.15) is 35.9 Å². The first-order valence-electron chi connectivity index (χ1n) is 21.4. The Labute approximate surface area is 374 Å². The van der Waals surface area contributed by atoms with Crippen LogP contribution in [0.5, 0.6) is 5.75 Å². The number of benzene rings is 3. The lowest BCUT2D eigenvalue weighted by molar-refractivity contribution is -0.134. The molecule has 334 valence electrons. The molecule has 1 unspecified atom stereocenters. The summed E-state index contributed by atoms with van der Waals surface area (Å²) in [7, 11) is -1.13. The molecular weight excluding hydrogens is 893 g/mol. The highest BCUT2D eigenvalue weighted by Crippen LogP contribution is 2.42. The lowest BCUT2D eigenvalue weighted by atomic mass is 9.88. The third-order valence-corrected chi connectivity index (χ3v) is 13.7. The summed E-state index contributed by atoms with van der Waals surface area (Å²) in [6.07, 6.45) is 10.0. The van der Waals surface area contributed by atoms with E-state index in [1.807, 2.05) is 12.1 Å². The molecule has 0 spiro atoms. The summed E-state index contributed by atoms with van der Waals surface area (Å²) >= 11 is 3.58. The first-order valence-corrected chi connectivity index (χ1v) is 24.8. The number of piperidine rings is 2. The number of imide groups is 1. The van der Waals surface area contributed by atoms with Gasteiger partial charge < -0.3 is 35.5 Å². The number of aromatic nitrogens is 4. The molecule has 2 aliphatic rings. The van der Waals surface area contributed by atoms with Crippen molar-refractivity contribution in [3.8, 4) is 5.75 Å². The molecule has 14 nitrogen and oxygen atoms in total. The van der Waals surface area contributed by atoms with Crippen LogP contribution in [0, 0.1) is 11.6 Å². The average molecular weight is 948 g/mol. The number of carbonyl (C=O) groups is 2. The number of fused-ring (bicyclic) bond motifs is 1. The molecule has 2 fully saturated rings. The Hall–Kier alpha value is -5.09. The van der Waals surface area contributed by atoms with Crippen LogP contribution in [0.1, 0.15) is 68.1 Å². The number of rotatable bonds is 18. The molecule has 0 aliphatic carbocycles. The van der Waals surface area contributed by atoms with E-state index in [0.29, 0.717) is 62.0 Å². The molecule has 1 atom stereocenters. The standard InChI is InChI=1S/C45H54BrF2N10O4P/c1-5-28-24-36(55-45-53-26-31(46)43(57-45)54-35-11-10-34-41(52-19-18-51-34)42(35)63(3,4)61)38(62-2)25-37(28)58-20-13-29(14-21-58)50-17-16-49-15-7-6-8-27-22-32(47)40(33(48)23-27)30-9-12-39(59)56-44(30)60/h10-11,18-19,22-26,29-30,49-50H,5-9,12-17,20-21H2,1-4H3,(H,56,59,60)(H2,53,54,55,57). The van der Waals surface area contributed by atoms with Gasteiger partial charge in [0, 0.05) is 74.5 Å². The van der Waals surface area contributed by atoms with Crippen molar-refractivity contribution in [2.24, 2.45) is 0 Å². The molecule has 18 heteroatoms. The predicted molar refractivity (Wildman–Crippen MR) is 248 cm³/mol. The van der Waals surface area contributed by atoms with Crippen LogP contribution in [-0.2, 0) is 27.0 Å². The molecule has 7 rings (SSSR count). The summed E-state index contributed by atoms with van der Waals surface area (Å²) in [4.78, 5) is 44.2. The lowest BCUT2D eigenvalue weighted by Gasteiger charge is -2.35. The van der Waals surface area contributed by atoms with E-state index in [0.717, 1.165) is 76.2 Å². The molecule has 63 heavy (non-hydrogen) atoms. The number of halogens is 3. The second kappa shape index (κ2) is 20.6. The molecule has 5 aromatic rings. The van der Waals surface area contributed by atoms with Crippen LogP contribution in [0.3, 0.4) is 0 Å². The molecule has 0 radical (unpaired) electrons. The van der Waals surface area contributed by atoms with Crippen LogP contribution in [0.2, 0.25) is 0 Å². The van der Waals surface area contributed by atoms with Crippen molar-refractivity contribution >= 4 is 80.1 Å². The van der Waals surface area contributed by atoms with Gasteiger partial charge in [-0.2, -0.15) is 4.98 Å². The van der Waals surface area contributed by atoms with Crippen molar-refractivity contribution in [1.29, 1.82) is 0 Å². The molecule has 3 aromatic carbocycles. The predicted octanol–water partition coefficient (Wildman–Crippen LogP) is 7.46. The van der Waals surface area contributed by atoms with E-state index >= 15 is 0 Å². The Kier molecular flexibility index (Phi) is 15.0. The van der Waals surface area contributed by atoms with Gasteiger partial charge in [-0.3, -0.25) is 24.9 Å². The maximum absolute atomic E-state index is 14.9. The summed E-state index contributed by atoms with van der Waals surface area (Å²) in [5, 5.41) is 16.7. The van der Waals surface area contributed by atoms with Gasteiger partial charge in [0.05, 0.1) is 39.7 Å². The Morgan fingerprint density at radius 1 is 0.937 bits per heavy atom. The van der Waals surface area contributed by atoms with Gasteiger partial charge in [-0.15, -0.1) is 0 Å². The van der Waals surface area contributed by atoms with Gasteiger partial charge in [0.15, 0.2) is 0 Å².